The number of hydrogen-bond acceptors (Lipinski definition) is 3. The highest BCUT2D eigenvalue weighted by Gasteiger charge is 2.21. The second-order valence-corrected chi connectivity index (χ2v) is 3.04. The minimum absolute atomic E-state index is 0.0553. The van der Waals surface area contributed by atoms with Crippen molar-refractivity contribution in [1.82, 2.24) is 5.32 Å². The minimum atomic E-state index is -0.824. The number of carbonyl (C=O) groups is 1. The molecule has 1 aliphatic rings. The zero-order valence-electron chi connectivity index (χ0n) is 6.42. The molecule has 4 nitrogen and oxygen atoms in total. The lowest BCUT2D eigenvalue weighted by molar-refractivity contribution is -0.137. The molecule has 1 unspecified atom stereocenters. The summed E-state index contributed by atoms with van der Waals surface area (Å²) in [4.78, 5) is 10.2. The first-order valence-electron chi connectivity index (χ1n) is 3.89. The summed E-state index contributed by atoms with van der Waals surface area (Å²) in [7, 11) is 0. The van der Waals surface area contributed by atoms with Crippen LogP contribution in [0.4, 0.5) is 0 Å². The van der Waals surface area contributed by atoms with Crippen molar-refractivity contribution in [3.8, 4) is 0 Å². The Bertz CT molecular complexity index is 145. The molecule has 1 aliphatic carbocycles. The molecule has 11 heavy (non-hydrogen) atoms. The second kappa shape index (κ2) is 3.69. The van der Waals surface area contributed by atoms with Crippen molar-refractivity contribution in [3.63, 3.8) is 0 Å². The molecule has 0 amide bonds. The lowest BCUT2D eigenvalue weighted by Crippen LogP contribution is -2.36. The number of carboxylic acids is 1. The monoisotopic (exact) mass is 158 g/mol. The van der Waals surface area contributed by atoms with Crippen LogP contribution in [0.3, 0.4) is 0 Å². The third kappa shape index (κ3) is 3.95. The molecule has 0 aromatic heterocycles. The van der Waals surface area contributed by atoms with Gasteiger partial charge in [-0.05, 0) is 12.8 Å². The Morgan fingerprint density at radius 2 is 2.36 bits per heavy atom. The molecular formula is C7H14N2O2. The minimum Gasteiger partial charge on any atom is -0.481 e. The van der Waals surface area contributed by atoms with Gasteiger partial charge in [-0.25, -0.2) is 0 Å². The third-order valence-electron chi connectivity index (χ3n) is 1.68. The molecule has 0 heterocycles. The number of aliphatic carboxylic acids is 1. The van der Waals surface area contributed by atoms with E-state index in [0.29, 0.717) is 12.6 Å². The highest BCUT2D eigenvalue weighted by atomic mass is 16.4. The molecule has 64 valence electrons. The Kier molecular flexibility index (Phi) is 2.84. The van der Waals surface area contributed by atoms with E-state index in [-0.39, 0.29) is 12.5 Å². The molecule has 0 saturated heterocycles. The SMILES string of the molecule is NC(CNC1CC1)CC(=O)O. The predicted octanol–water partition coefficient (Wildman–Crippen LogP) is -0.460. The Hall–Kier alpha value is -0.610. The first-order valence-corrected chi connectivity index (χ1v) is 3.89. The van der Waals surface area contributed by atoms with E-state index in [2.05, 4.69) is 5.32 Å². The highest BCUT2D eigenvalue weighted by Crippen LogP contribution is 2.18. The molecule has 0 bridgehead atoms. The Morgan fingerprint density at radius 3 is 2.82 bits per heavy atom. The van der Waals surface area contributed by atoms with E-state index >= 15 is 0 Å². The third-order valence-corrected chi connectivity index (χ3v) is 1.68. The van der Waals surface area contributed by atoms with Crippen molar-refractivity contribution in [1.29, 1.82) is 0 Å². The van der Waals surface area contributed by atoms with Gasteiger partial charge in [0.25, 0.3) is 0 Å². The summed E-state index contributed by atoms with van der Waals surface area (Å²) >= 11 is 0. The summed E-state index contributed by atoms with van der Waals surface area (Å²) in [5.74, 6) is -0.824. The Labute approximate surface area is 65.8 Å². The lowest BCUT2D eigenvalue weighted by atomic mass is 10.2. The van der Waals surface area contributed by atoms with Crippen molar-refractivity contribution >= 4 is 5.97 Å². The van der Waals surface area contributed by atoms with Crippen molar-refractivity contribution in [2.24, 2.45) is 5.73 Å². The van der Waals surface area contributed by atoms with E-state index in [1.807, 2.05) is 0 Å². The molecule has 0 aromatic carbocycles. The van der Waals surface area contributed by atoms with Gasteiger partial charge in [-0.3, -0.25) is 4.79 Å². The lowest BCUT2D eigenvalue weighted by Gasteiger charge is -2.08. The van der Waals surface area contributed by atoms with Gasteiger partial charge in [-0.15, -0.1) is 0 Å². The van der Waals surface area contributed by atoms with Crippen molar-refractivity contribution in [3.05, 3.63) is 0 Å². The van der Waals surface area contributed by atoms with Gasteiger partial charge in [-0.2, -0.15) is 0 Å². The quantitative estimate of drug-likeness (QED) is 0.506. The van der Waals surface area contributed by atoms with Crippen LogP contribution in [-0.4, -0.2) is 29.7 Å². The van der Waals surface area contributed by atoms with Gasteiger partial charge < -0.3 is 16.2 Å². The smallest absolute Gasteiger partial charge is 0.304 e. The van der Waals surface area contributed by atoms with Crippen LogP contribution >= 0.6 is 0 Å². The maximum absolute atomic E-state index is 10.2. The Morgan fingerprint density at radius 1 is 1.73 bits per heavy atom. The highest BCUT2D eigenvalue weighted by molar-refractivity contribution is 5.67. The number of rotatable bonds is 5. The van der Waals surface area contributed by atoms with E-state index < -0.39 is 5.97 Å². The second-order valence-electron chi connectivity index (χ2n) is 3.04. The van der Waals surface area contributed by atoms with E-state index in [9.17, 15) is 4.79 Å². The molecule has 1 saturated carbocycles. The van der Waals surface area contributed by atoms with Gasteiger partial charge in [-0.1, -0.05) is 0 Å². The van der Waals surface area contributed by atoms with Crippen LogP contribution in [0.2, 0.25) is 0 Å². The first kappa shape index (κ1) is 8.49. The number of hydrogen-bond donors (Lipinski definition) is 3. The molecule has 1 fully saturated rings. The van der Waals surface area contributed by atoms with E-state index in [4.69, 9.17) is 10.8 Å². The topological polar surface area (TPSA) is 75.3 Å². The van der Waals surface area contributed by atoms with Crippen molar-refractivity contribution in [2.45, 2.75) is 31.3 Å². The fourth-order valence-electron chi connectivity index (χ4n) is 0.902. The van der Waals surface area contributed by atoms with Gasteiger partial charge in [0.1, 0.15) is 0 Å². The van der Waals surface area contributed by atoms with Gasteiger partial charge in [0.2, 0.25) is 0 Å². The summed E-state index contributed by atoms with van der Waals surface area (Å²) in [5.41, 5.74) is 5.51. The molecule has 0 aliphatic heterocycles. The van der Waals surface area contributed by atoms with Crippen LogP contribution in [-0.2, 0) is 4.79 Å². The van der Waals surface area contributed by atoms with Crippen LogP contribution < -0.4 is 11.1 Å². The molecule has 1 rings (SSSR count). The van der Waals surface area contributed by atoms with Crippen molar-refractivity contribution < 1.29 is 9.90 Å². The van der Waals surface area contributed by atoms with E-state index in [1.165, 1.54) is 12.8 Å². The fraction of sp³-hybridized carbons (Fsp3) is 0.857. The molecular weight excluding hydrogens is 144 g/mol. The summed E-state index contributed by atoms with van der Waals surface area (Å²) in [6.45, 7) is 0.622. The van der Waals surface area contributed by atoms with E-state index in [1.54, 1.807) is 0 Å². The average molecular weight is 158 g/mol. The molecule has 0 radical (unpaired) electrons. The maximum atomic E-state index is 10.2. The van der Waals surface area contributed by atoms with Crippen LogP contribution in [0.1, 0.15) is 19.3 Å². The zero-order valence-corrected chi connectivity index (χ0v) is 6.42. The molecule has 1 atom stereocenters. The summed E-state index contributed by atoms with van der Waals surface area (Å²) in [6.07, 6.45) is 2.47. The number of nitrogens with two attached hydrogens (primary N) is 1. The Balaban J connectivity index is 1.99. The van der Waals surface area contributed by atoms with Crippen LogP contribution in [0.5, 0.6) is 0 Å². The molecule has 4 heteroatoms. The van der Waals surface area contributed by atoms with Crippen molar-refractivity contribution in [2.75, 3.05) is 6.54 Å². The number of carboxylic acid groups (broad SMARTS) is 1. The standard InChI is InChI=1S/C7H14N2O2/c8-5(3-7(10)11)4-9-6-1-2-6/h5-6,9H,1-4,8H2,(H,10,11). The fourth-order valence-corrected chi connectivity index (χ4v) is 0.902. The van der Waals surface area contributed by atoms with Gasteiger partial charge in [0, 0.05) is 18.6 Å². The predicted molar refractivity (Wildman–Crippen MR) is 41.3 cm³/mol. The normalized spacial score (nSPS) is 19.7. The first-order chi connectivity index (χ1) is 5.18. The largest absolute Gasteiger partial charge is 0.481 e. The summed E-state index contributed by atoms with van der Waals surface area (Å²) < 4.78 is 0. The maximum Gasteiger partial charge on any atom is 0.304 e. The molecule has 0 aromatic rings. The van der Waals surface area contributed by atoms with Crippen LogP contribution in [0.25, 0.3) is 0 Å². The van der Waals surface area contributed by atoms with E-state index in [0.717, 1.165) is 0 Å². The van der Waals surface area contributed by atoms with Crippen LogP contribution in [0, 0.1) is 0 Å². The summed E-state index contributed by atoms with van der Waals surface area (Å²) in [5, 5.41) is 11.5. The summed E-state index contributed by atoms with van der Waals surface area (Å²) in [6, 6.07) is 0.364. The number of nitrogens with one attached hydrogen (secondary N) is 1. The van der Waals surface area contributed by atoms with Gasteiger partial charge in [0.15, 0.2) is 0 Å². The zero-order chi connectivity index (χ0) is 8.27. The van der Waals surface area contributed by atoms with Gasteiger partial charge >= 0.3 is 5.97 Å². The van der Waals surface area contributed by atoms with Gasteiger partial charge in [0.05, 0.1) is 6.42 Å². The van der Waals surface area contributed by atoms with Crippen LogP contribution in [0.15, 0.2) is 0 Å². The molecule has 4 N–H and O–H groups in total. The molecule has 0 spiro atoms. The average Bonchev–Trinajstić information content (AvgIpc) is 2.63.